The van der Waals surface area contributed by atoms with Gasteiger partial charge in [0.05, 0.1) is 5.52 Å². The number of rotatable bonds is 2. The van der Waals surface area contributed by atoms with E-state index >= 15 is 0 Å². The molecule has 0 atom stereocenters. The van der Waals surface area contributed by atoms with Crippen LogP contribution in [0.15, 0.2) is 66.7 Å². The summed E-state index contributed by atoms with van der Waals surface area (Å²) in [5, 5.41) is 2.63. The number of aromatic nitrogens is 1. The van der Waals surface area contributed by atoms with E-state index in [9.17, 15) is 0 Å². The van der Waals surface area contributed by atoms with Gasteiger partial charge in [0.15, 0.2) is 0 Å². The van der Waals surface area contributed by atoms with Gasteiger partial charge in [0.25, 0.3) is 0 Å². The second-order valence-corrected chi connectivity index (χ2v) is 6.22. The lowest BCUT2D eigenvalue weighted by atomic mass is 10.00. The molecule has 0 aliphatic carbocycles. The normalized spacial score (nSPS) is 11.3. The summed E-state index contributed by atoms with van der Waals surface area (Å²) in [7, 11) is 6.36. The van der Waals surface area contributed by atoms with Crippen molar-refractivity contribution in [3.8, 4) is 11.1 Å². The Bertz CT molecular complexity index is 995. The SMILES string of the molecule is CN(C)c1cc2c(cc1-c1ccccc1)c1ccccc1n2C. The van der Waals surface area contributed by atoms with Crippen LogP contribution in [0.5, 0.6) is 0 Å². The number of para-hydroxylation sites is 1. The second-order valence-electron chi connectivity index (χ2n) is 6.22. The van der Waals surface area contributed by atoms with Crippen LogP contribution in [0.3, 0.4) is 0 Å². The Hall–Kier alpha value is -2.74. The van der Waals surface area contributed by atoms with Crippen LogP contribution in [0.4, 0.5) is 5.69 Å². The van der Waals surface area contributed by atoms with Gasteiger partial charge in [-0.15, -0.1) is 0 Å². The molecule has 1 heterocycles. The molecule has 2 nitrogen and oxygen atoms in total. The lowest BCUT2D eigenvalue weighted by molar-refractivity contribution is 1.01. The summed E-state index contributed by atoms with van der Waals surface area (Å²) in [6.45, 7) is 0. The molecule has 1 aromatic heterocycles. The Morgan fingerprint density at radius 2 is 1.43 bits per heavy atom. The minimum absolute atomic E-state index is 1.25. The molecule has 0 amide bonds. The summed E-state index contributed by atoms with van der Waals surface area (Å²) in [6.07, 6.45) is 0. The quantitative estimate of drug-likeness (QED) is 0.502. The predicted octanol–water partition coefficient (Wildman–Crippen LogP) is 5.06. The van der Waals surface area contributed by atoms with E-state index in [0.717, 1.165) is 0 Å². The van der Waals surface area contributed by atoms with Crippen molar-refractivity contribution in [3.63, 3.8) is 0 Å². The van der Waals surface area contributed by atoms with Crippen molar-refractivity contribution < 1.29 is 0 Å². The molecule has 114 valence electrons. The molecule has 0 aliphatic rings. The van der Waals surface area contributed by atoms with Gasteiger partial charge in [-0.2, -0.15) is 0 Å². The first kappa shape index (κ1) is 13.9. The van der Waals surface area contributed by atoms with Crippen LogP contribution in [0.2, 0.25) is 0 Å². The summed E-state index contributed by atoms with van der Waals surface area (Å²) in [4.78, 5) is 2.19. The topological polar surface area (TPSA) is 8.17 Å². The van der Waals surface area contributed by atoms with Crippen LogP contribution in [0.25, 0.3) is 32.9 Å². The first-order valence-electron chi connectivity index (χ1n) is 7.91. The first-order chi connectivity index (χ1) is 11.2. The third-order valence-electron chi connectivity index (χ3n) is 4.60. The van der Waals surface area contributed by atoms with E-state index in [0.29, 0.717) is 0 Å². The van der Waals surface area contributed by atoms with E-state index in [2.05, 4.69) is 97.3 Å². The highest BCUT2D eigenvalue weighted by atomic mass is 15.1. The summed E-state index contributed by atoms with van der Waals surface area (Å²) < 4.78 is 2.28. The number of benzene rings is 3. The van der Waals surface area contributed by atoms with Crippen molar-refractivity contribution in [1.82, 2.24) is 4.57 Å². The first-order valence-corrected chi connectivity index (χ1v) is 7.91. The Morgan fingerprint density at radius 1 is 0.739 bits per heavy atom. The van der Waals surface area contributed by atoms with Crippen LogP contribution >= 0.6 is 0 Å². The van der Waals surface area contributed by atoms with Gasteiger partial charge in [0.2, 0.25) is 0 Å². The van der Waals surface area contributed by atoms with Crippen molar-refractivity contribution in [2.45, 2.75) is 0 Å². The number of nitrogens with zero attached hydrogens (tertiary/aromatic N) is 2. The van der Waals surface area contributed by atoms with Gasteiger partial charge >= 0.3 is 0 Å². The number of fused-ring (bicyclic) bond motifs is 3. The van der Waals surface area contributed by atoms with Gasteiger partial charge < -0.3 is 9.47 Å². The highest BCUT2D eigenvalue weighted by molar-refractivity contribution is 6.11. The molecule has 3 aromatic carbocycles. The zero-order chi connectivity index (χ0) is 16.0. The molecule has 0 aliphatic heterocycles. The highest BCUT2D eigenvalue weighted by Crippen LogP contribution is 2.37. The molecule has 0 bridgehead atoms. The van der Waals surface area contributed by atoms with E-state index in [1.807, 2.05) is 0 Å². The standard InChI is InChI=1S/C21H20N2/c1-22(2)20-14-21-18(13-17(20)15-9-5-4-6-10-15)16-11-7-8-12-19(16)23(21)3/h4-14H,1-3H3. The zero-order valence-electron chi connectivity index (χ0n) is 13.7. The lowest BCUT2D eigenvalue weighted by Crippen LogP contribution is -2.10. The maximum absolute atomic E-state index is 2.34. The predicted molar refractivity (Wildman–Crippen MR) is 100 cm³/mol. The summed E-state index contributed by atoms with van der Waals surface area (Å²) >= 11 is 0. The van der Waals surface area contributed by atoms with Crippen LogP contribution < -0.4 is 4.90 Å². The minimum Gasteiger partial charge on any atom is -0.377 e. The molecule has 23 heavy (non-hydrogen) atoms. The molecule has 0 N–H and O–H groups in total. The van der Waals surface area contributed by atoms with Crippen molar-refractivity contribution in [2.75, 3.05) is 19.0 Å². The molecule has 2 heteroatoms. The Morgan fingerprint density at radius 3 is 2.17 bits per heavy atom. The van der Waals surface area contributed by atoms with E-state index < -0.39 is 0 Å². The average Bonchev–Trinajstić information content (AvgIpc) is 2.87. The van der Waals surface area contributed by atoms with Crippen LogP contribution in [0.1, 0.15) is 0 Å². The highest BCUT2D eigenvalue weighted by Gasteiger charge is 2.14. The van der Waals surface area contributed by atoms with Crippen molar-refractivity contribution in [3.05, 3.63) is 66.7 Å². The van der Waals surface area contributed by atoms with E-state index in [4.69, 9.17) is 0 Å². The van der Waals surface area contributed by atoms with Crippen LogP contribution in [-0.4, -0.2) is 18.7 Å². The van der Waals surface area contributed by atoms with Crippen molar-refractivity contribution in [1.29, 1.82) is 0 Å². The lowest BCUT2D eigenvalue weighted by Gasteiger charge is -2.18. The molecule has 0 saturated heterocycles. The molecule has 0 spiro atoms. The number of hydrogen-bond acceptors (Lipinski definition) is 1. The van der Waals surface area contributed by atoms with Gasteiger partial charge in [0.1, 0.15) is 0 Å². The zero-order valence-corrected chi connectivity index (χ0v) is 13.7. The average molecular weight is 300 g/mol. The maximum Gasteiger partial charge on any atom is 0.0509 e. The third-order valence-corrected chi connectivity index (χ3v) is 4.60. The maximum atomic E-state index is 2.34. The largest absolute Gasteiger partial charge is 0.377 e. The second kappa shape index (κ2) is 5.17. The van der Waals surface area contributed by atoms with Crippen LogP contribution in [-0.2, 0) is 7.05 Å². The Labute approximate surface area is 136 Å². The summed E-state index contributed by atoms with van der Waals surface area (Å²) in [6, 6.07) is 23.9. The molecule has 4 rings (SSSR count). The molecule has 0 radical (unpaired) electrons. The summed E-state index contributed by atoms with van der Waals surface area (Å²) in [5.41, 5.74) is 6.33. The molecular formula is C21H20N2. The smallest absolute Gasteiger partial charge is 0.0509 e. The molecule has 0 fully saturated rings. The molecule has 4 aromatic rings. The molecular weight excluding hydrogens is 280 g/mol. The fraction of sp³-hybridized carbons (Fsp3) is 0.143. The fourth-order valence-corrected chi connectivity index (χ4v) is 3.41. The van der Waals surface area contributed by atoms with Gasteiger partial charge in [-0.3, -0.25) is 0 Å². The summed E-state index contributed by atoms with van der Waals surface area (Å²) in [5.74, 6) is 0. The third kappa shape index (κ3) is 2.10. The molecule has 0 unspecified atom stereocenters. The van der Waals surface area contributed by atoms with E-state index in [1.54, 1.807) is 0 Å². The number of hydrogen-bond donors (Lipinski definition) is 0. The van der Waals surface area contributed by atoms with Crippen LogP contribution in [0, 0.1) is 0 Å². The fourth-order valence-electron chi connectivity index (χ4n) is 3.41. The van der Waals surface area contributed by atoms with Gasteiger partial charge in [-0.05, 0) is 23.8 Å². The number of aryl methyl sites for hydroxylation is 1. The monoisotopic (exact) mass is 300 g/mol. The van der Waals surface area contributed by atoms with E-state index in [1.165, 1.54) is 38.6 Å². The minimum atomic E-state index is 1.25. The van der Waals surface area contributed by atoms with Crippen molar-refractivity contribution in [2.24, 2.45) is 7.05 Å². The van der Waals surface area contributed by atoms with Gasteiger partial charge in [-0.1, -0.05) is 48.5 Å². The Balaban J connectivity index is 2.13. The van der Waals surface area contributed by atoms with Gasteiger partial charge in [-0.25, -0.2) is 0 Å². The van der Waals surface area contributed by atoms with E-state index in [-0.39, 0.29) is 0 Å². The molecule has 0 saturated carbocycles. The van der Waals surface area contributed by atoms with Gasteiger partial charge in [0, 0.05) is 48.7 Å². The van der Waals surface area contributed by atoms with Crippen molar-refractivity contribution >= 4 is 27.5 Å². The Kier molecular flexibility index (Phi) is 3.12. The number of anilines is 1.